The number of hydrogen-bond donors (Lipinski definition) is 1. The predicted molar refractivity (Wildman–Crippen MR) is 105 cm³/mol. The van der Waals surface area contributed by atoms with Crippen LogP contribution in [0.15, 0.2) is 94.8 Å². The van der Waals surface area contributed by atoms with Crippen molar-refractivity contribution in [3.8, 4) is 5.69 Å². The normalized spacial score (nSPS) is 11.1. The van der Waals surface area contributed by atoms with Gasteiger partial charge in [0.2, 0.25) is 5.95 Å². The Kier molecular flexibility index (Phi) is 4.26. The smallest absolute Gasteiger partial charge is 0.267 e. The van der Waals surface area contributed by atoms with Crippen molar-refractivity contribution in [2.24, 2.45) is 5.10 Å². The lowest BCUT2D eigenvalue weighted by molar-refractivity contribution is 0.956. The molecule has 0 spiro atoms. The van der Waals surface area contributed by atoms with Crippen molar-refractivity contribution < 1.29 is 0 Å². The summed E-state index contributed by atoms with van der Waals surface area (Å²) in [6, 6.07) is 26.4. The summed E-state index contributed by atoms with van der Waals surface area (Å²) in [5.74, 6) is 0.368. The Labute approximate surface area is 150 Å². The van der Waals surface area contributed by atoms with Gasteiger partial charge < -0.3 is 0 Å². The molecule has 0 saturated heterocycles. The molecule has 5 nitrogen and oxygen atoms in total. The van der Waals surface area contributed by atoms with Gasteiger partial charge in [-0.1, -0.05) is 60.7 Å². The highest BCUT2D eigenvalue weighted by atomic mass is 16.1. The van der Waals surface area contributed by atoms with Crippen molar-refractivity contribution >= 4 is 23.1 Å². The minimum absolute atomic E-state index is 0.140. The van der Waals surface area contributed by atoms with E-state index in [1.54, 1.807) is 12.3 Å². The molecule has 4 rings (SSSR count). The van der Waals surface area contributed by atoms with Crippen LogP contribution in [0.1, 0.15) is 5.56 Å². The quantitative estimate of drug-likeness (QED) is 0.454. The van der Waals surface area contributed by atoms with Crippen molar-refractivity contribution in [3.05, 3.63) is 101 Å². The summed E-state index contributed by atoms with van der Waals surface area (Å²) in [6.45, 7) is 0. The first kappa shape index (κ1) is 15.8. The maximum absolute atomic E-state index is 13.0. The zero-order chi connectivity index (χ0) is 17.8. The largest absolute Gasteiger partial charge is 0.268 e. The molecule has 0 bridgehead atoms. The van der Waals surface area contributed by atoms with Gasteiger partial charge in [0, 0.05) is 0 Å². The highest BCUT2D eigenvalue weighted by molar-refractivity contribution is 5.81. The summed E-state index contributed by atoms with van der Waals surface area (Å²) in [5, 5.41) is 4.81. The third-order valence-corrected chi connectivity index (χ3v) is 3.97. The fourth-order valence-corrected chi connectivity index (χ4v) is 2.73. The number of hydrazone groups is 1. The van der Waals surface area contributed by atoms with Crippen LogP contribution in [0.25, 0.3) is 16.6 Å². The van der Waals surface area contributed by atoms with E-state index in [4.69, 9.17) is 0 Å². The monoisotopic (exact) mass is 340 g/mol. The van der Waals surface area contributed by atoms with Crippen LogP contribution in [0.2, 0.25) is 0 Å². The molecule has 5 heteroatoms. The molecule has 0 aliphatic heterocycles. The van der Waals surface area contributed by atoms with E-state index in [1.165, 1.54) is 4.57 Å². The van der Waals surface area contributed by atoms with Crippen molar-refractivity contribution in [3.63, 3.8) is 0 Å². The molecule has 3 aromatic carbocycles. The molecule has 1 heterocycles. The average molecular weight is 340 g/mol. The first-order chi connectivity index (χ1) is 12.8. The molecule has 126 valence electrons. The minimum atomic E-state index is -0.140. The lowest BCUT2D eigenvalue weighted by Gasteiger charge is -2.12. The molecule has 0 saturated carbocycles. The molecule has 1 aromatic heterocycles. The van der Waals surface area contributed by atoms with Crippen LogP contribution in [0.3, 0.4) is 0 Å². The van der Waals surface area contributed by atoms with E-state index in [0.29, 0.717) is 16.9 Å². The summed E-state index contributed by atoms with van der Waals surface area (Å²) >= 11 is 0. The topological polar surface area (TPSA) is 59.3 Å². The van der Waals surface area contributed by atoms with Crippen LogP contribution < -0.4 is 11.0 Å². The third kappa shape index (κ3) is 3.10. The maximum atomic E-state index is 13.0. The molecular formula is C21H16N4O. The molecule has 0 unspecified atom stereocenters. The molecule has 0 aliphatic rings. The van der Waals surface area contributed by atoms with Crippen LogP contribution in [0.5, 0.6) is 0 Å². The summed E-state index contributed by atoms with van der Waals surface area (Å²) in [4.78, 5) is 17.6. The van der Waals surface area contributed by atoms with E-state index >= 15 is 0 Å². The highest BCUT2D eigenvalue weighted by Crippen LogP contribution is 2.16. The minimum Gasteiger partial charge on any atom is -0.268 e. The van der Waals surface area contributed by atoms with Crippen molar-refractivity contribution in [2.45, 2.75) is 0 Å². The summed E-state index contributed by atoms with van der Waals surface area (Å²) in [5.41, 5.74) is 5.08. The van der Waals surface area contributed by atoms with Gasteiger partial charge in [0.15, 0.2) is 0 Å². The maximum Gasteiger partial charge on any atom is 0.267 e. The molecule has 0 fully saturated rings. The van der Waals surface area contributed by atoms with E-state index in [9.17, 15) is 4.79 Å². The van der Waals surface area contributed by atoms with Crippen LogP contribution in [-0.2, 0) is 0 Å². The number of fused-ring (bicyclic) bond motifs is 1. The molecule has 26 heavy (non-hydrogen) atoms. The van der Waals surface area contributed by atoms with Crippen molar-refractivity contribution in [2.75, 3.05) is 5.43 Å². The van der Waals surface area contributed by atoms with Gasteiger partial charge in [-0.2, -0.15) is 5.10 Å². The van der Waals surface area contributed by atoms with Crippen LogP contribution in [-0.4, -0.2) is 15.8 Å². The zero-order valence-electron chi connectivity index (χ0n) is 13.9. The first-order valence-electron chi connectivity index (χ1n) is 8.24. The molecule has 0 amide bonds. The Morgan fingerprint density at radius 2 is 1.50 bits per heavy atom. The van der Waals surface area contributed by atoms with E-state index < -0.39 is 0 Å². The fourth-order valence-electron chi connectivity index (χ4n) is 2.73. The van der Waals surface area contributed by atoms with Crippen molar-refractivity contribution in [1.82, 2.24) is 9.55 Å². The number of nitrogens with zero attached hydrogens (tertiary/aromatic N) is 3. The second-order valence-electron chi connectivity index (χ2n) is 5.71. The van der Waals surface area contributed by atoms with Gasteiger partial charge in [0.05, 0.1) is 22.8 Å². The second kappa shape index (κ2) is 7.03. The van der Waals surface area contributed by atoms with Gasteiger partial charge in [0.1, 0.15) is 0 Å². The van der Waals surface area contributed by atoms with Gasteiger partial charge in [-0.25, -0.2) is 15.0 Å². The van der Waals surface area contributed by atoms with Gasteiger partial charge in [-0.3, -0.25) is 4.79 Å². The lowest BCUT2D eigenvalue weighted by Crippen LogP contribution is -2.22. The standard InChI is InChI=1S/C21H16N4O/c26-20-18-13-7-8-14-19(18)23-21(25(20)17-11-5-2-6-12-17)24-22-15-16-9-3-1-4-10-16/h1-15H,(H,23,24). The van der Waals surface area contributed by atoms with Gasteiger partial charge in [-0.05, 0) is 29.8 Å². The van der Waals surface area contributed by atoms with E-state index in [1.807, 2.05) is 78.9 Å². The van der Waals surface area contributed by atoms with Crippen LogP contribution >= 0.6 is 0 Å². The third-order valence-electron chi connectivity index (χ3n) is 3.97. The molecule has 0 aliphatic carbocycles. The fraction of sp³-hybridized carbons (Fsp3) is 0. The van der Waals surface area contributed by atoms with Gasteiger partial charge in [-0.15, -0.1) is 0 Å². The first-order valence-corrected chi connectivity index (χ1v) is 8.24. The number of nitrogens with one attached hydrogen (secondary N) is 1. The zero-order valence-corrected chi connectivity index (χ0v) is 13.9. The molecule has 1 N–H and O–H groups in total. The van der Waals surface area contributed by atoms with E-state index in [0.717, 1.165) is 11.3 Å². The summed E-state index contributed by atoms with van der Waals surface area (Å²) in [6.07, 6.45) is 1.69. The number of aromatic nitrogens is 2. The number of benzene rings is 3. The van der Waals surface area contributed by atoms with Gasteiger partial charge in [0.25, 0.3) is 5.56 Å². The summed E-state index contributed by atoms with van der Waals surface area (Å²) < 4.78 is 1.53. The van der Waals surface area contributed by atoms with Crippen LogP contribution in [0, 0.1) is 0 Å². The Morgan fingerprint density at radius 1 is 0.846 bits per heavy atom. The molecule has 0 atom stereocenters. The second-order valence-corrected chi connectivity index (χ2v) is 5.71. The number of para-hydroxylation sites is 2. The lowest BCUT2D eigenvalue weighted by atomic mass is 10.2. The molecular weight excluding hydrogens is 324 g/mol. The predicted octanol–water partition coefficient (Wildman–Crippen LogP) is 3.83. The number of anilines is 1. The molecule has 0 radical (unpaired) electrons. The Balaban J connectivity index is 1.82. The highest BCUT2D eigenvalue weighted by Gasteiger charge is 2.11. The Hall–Kier alpha value is -3.73. The Morgan fingerprint density at radius 3 is 2.27 bits per heavy atom. The number of rotatable bonds is 4. The number of hydrogen-bond acceptors (Lipinski definition) is 4. The Bertz CT molecular complexity index is 1120. The van der Waals surface area contributed by atoms with E-state index in [-0.39, 0.29) is 5.56 Å². The molecule has 4 aromatic rings. The van der Waals surface area contributed by atoms with Gasteiger partial charge >= 0.3 is 0 Å². The SMILES string of the molecule is O=c1c2ccccc2nc(NN=Cc2ccccc2)n1-c1ccccc1. The summed E-state index contributed by atoms with van der Waals surface area (Å²) in [7, 11) is 0. The van der Waals surface area contributed by atoms with Crippen molar-refractivity contribution in [1.29, 1.82) is 0 Å². The van der Waals surface area contributed by atoms with Crippen LogP contribution in [0.4, 0.5) is 5.95 Å². The van der Waals surface area contributed by atoms with E-state index in [2.05, 4.69) is 15.5 Å². The average Bonchev–Trinajstić information content (AvgIpc) is 2.70.